The predicted molar refractivity (Wildman–Crippen MR) is 192 cm³/mol. The lowest BCUT2D eigenvalue weighted by atomic mass is 9.70. The molecule has 4 aliphatic rings. The normalized spacial score (nSPS) is 30.6. The van der Waals surface area contributed by atoms with Crippen LogP contribution in [0, 0.1) is 23.0 Å². The highest BCUT2D eigenvalue weighted by atomic mass is 19.1. The number of aromatic hydroxyl groups is 1. The second-order valence-electron chi connectivity index (χ2n) is 16.2. The van der Waals surface area contributed by atoms with Crippen molar-refractivity contribution in [1.29, 1.82) is 0 Å². The maximum absolute atomic E-state index is 17.1. The Morgan fingerprint density at radius 2 is 1.85 bits per heavy atom. The number of phenolic OH excluding ortho intramolecular Hbond substituents is 1. The number of pyridine rings is 1. The van der Waals surface area contributed by atoms with Crippen LogP contribution in [0.2, 0.25) is 0 Å². The Labute approximate surface area is 305 Å². The second kappa shape index (κ2) is 13.4. The van der Waals surface area contributed by atoms with Gasteiger partial charge in [-0.15, -0.1) is 0 Å². The lowest BCUT2D eigenvalue weighted by molar-refractivity contribution is -0.0917. The van der Waals surface area contributed by atoms with E-state index in [1.807, 2.05) is 6.92 Å². The largest absolute Gasteiger partial charge is 0.508 e. The number of phenols is 1. The number of alkyl halides is 1. The fourth-order valence-electron chi connectivity index (χ4n) is 9.56. The average molecular weight is 738 g/mol. The summed E-state index contributed by atoms with van der Waals surface area (Å²) in [6.07, 6.45) is 3.17. The molecule has 0 radical (unpaired) electrons. The fourth-order valence-corrected chi connectivity index (χ4v) is 9.56. The molecule has 4 atom stereocenters. The Bertz CT molecular complexity index is 2040. The SMILES string of the molecule is COc1nc(-c2cc(O)cc3cccc(F)c23)c(F)c2nc(OC[C@]34CCCC3N(CC3CC(C)(O)C3)C[C@@H](F)C4)nc(N3CCOC[C@@](C)(O)C3)c12. The van der Waals surface area contributed by atoms with E-state index in [1.165, 1.54) is 31.4 Å². The van der Waals surface area contributed by atoms with E-state index in [0.29, 0.717) is 43.7 Å². The number of anilines is 1. The van der Waals surface area contributed by atoms with Gasteiger partial charge >= 0.3 is 6.01 Å². The number of aromatic nitrogens is 3. The van der Waals surface area contributed by atoms with Crippen LogP contribution < -0.4 is 14.4 Å². The Morgan fingerprint density at radius 1 is 1.04 bits per heavy atom. The zero-order valence-corrected chi connectivity index (χ0v) is 30.2. The average Bonchev–Trinajstić information content (AvgIpc) is 3.42. The summed E-state index contributed by atoms with van der Waals surface area (Å²) in [4.78, 5) is 17.9. The maximum atomic E-state index is 17.1. The van der Waals surface area contributed by atoms with E-state index < -0.39 is 34.4 Å². The summed E-state index contributed by atoms with van der Waals surface area (Å²) in [7, 11) is 1.37. The lowest BCUT2D eigenvalue weighted by Crippen LogP contribution is -2.58. The van der Waals surface area contributed by atoms with Gasteiger partial charge < -0.3 is 34.4 Å². The van der Waals surface area contributed by atoms with E-state index in [1.54, 1.807) is 17.9 Å². The van der Waals surface area contributed by atoms with Gasteiger partial charge in [-0.1, -0.05) is 18.6 Å². The molecular weight excluding hydrogens is 691 g/mol. The van der Waals surface area contributed by atoms with Gasteiger partial charge in [0.1, 0.15) is 45.8 Å². The van der Waals surface area contributed by atoms with E-state index in [9.17, 15) is 15.3 Å². The summed E-state index contributed by atoms with van der Waals surface area (Å²) >= 11 is 0. The molecule has 53 heavy (non-hydrogen) atoms. The highest BCUT2D eigenvalue weighted by molar-refractivity contribution is 6.02. The summed E-state index contributed by atoms with van der Waals surface area (Å²) in [6.45, 7) is 5.30. The third-order valence-corrected chi connectivity index (χ3v) is 11.6. The highest BCUT2D eigenvalue weighted by Gasteiger charge is 2.53. The Hall–Kier alpha value is -3.98. The number of fused-ring (bicyclic) bond motifs is 3. The molecule has 2 aliphatic carbocycles. The molecule has 0 bridgehead atoms. The fraction of sp³-hybridized carbons (Fsp3) is 0.564. The van der Waals surface area contributed by atoms with Crippen molar-refractivity contribution >= 4 is 27.5 Å². The van der Waals surface area contributed by atoms with Crippen LogP contribution in [-0.2, 0) is 4.74 Å². The van der Waals surface area contributed by atoms with Crippen LogP contribution in [0.3, 0.4) is 0 Å². The van der Waals surface area contributed by atoms with Gasteiger partial charge in [0.2, 0.25) is 5.88 Å². The van der Waals surface area contributed by atoms with Crippen molar-refractivity contribution in [3.63, 3.8) is 0 Å². The molecule has 2 saturated heterocycles. The van der Waals surface area contributed by atoms with Crippen LogP contribution in [0.4, 0.5) is 19.0 Å². The number of β-amino-alcohol motifs (C(OH)–C–C–N with tert-alkyl or cyclic N) is 1. The molecule has 0 amide bonds. The van der Waals surface area contributed by atoms with E-state index in [-0.39, 0.29) is 90.0 Å². The number of aliphatic hydroxyl groups is 2. The van der Waals surface area contributed by atoms with Gasteiger partial charge in [0.05, 0.1) is 39.1 Å². The van der Waals surface area contributed by atoms with E-state index >= 15 is 13.2 Å². The topological polar surface area (TPSA) is 134 Å². The van der Waals surface area contributed by atoms with Gasteiger partial charge in [-0.3, -0.25) is 4.90 Å². The van der Waals surface area contributed by atoms with E-state index in [4.69, 9.17) is 19.2 Å². The molecule has 0 spiro atoms. The number of likely N-dealkylation sites (tertiary alicyclic amines) is 1. The highest BCUT2D eigenvalue weighted by Crippen LogP contribution is 2.50. The zero-order chi connectivity index (χ0) is 37.3. The van der Waals surface area contributed by atoms with Crippen molar-refractivity contribution in [1.82, 2.24) is 19.9 Å². The molecule has 4 heterocycles. The standard InChI is InChI=1S/C39H46F3N5O6/c1-37(49)14-22(15-37)17-47-18-24(40)16-39(9-5-8-28(39)47)21-53-36-44-33-30(34(45-36)46-10-11-52-20-38(2,50)19-46)35(51-3)43-32(31(33)42)26-13-25(48)12-23-6-4-7-27(41)29(23)26/h4,6-7,12-13,22,24,28,48-50H,5,8-11,14-21H2,1-3H3/t22?,24-,28?,37?,38-,39+/m0/s1. The lowest BCUT2D eigenvalue weighted by Gasteiger charge is -2.51. The number of methoxy groups -OCH3 is 1. The number of piperidine rings is 1. The third-order valence-electron chi connectivity index (χ3n) is 11.6. The minimum atomic E-state index is -1.28. The molecule has 3 N–H and O–H groups in total. The number of halogens is 3. The number of hydrogen-bond donors (Lipinski definition) is 3. The first-order valence-corrected chi connectivity index (χ1v) is 18.4. The molecular formula is C39H46F3N5O6. The second-order valence-corrected chi connectivity index (χ2v) is 16.2. The molecule has 2 saturated carbocycles. The summed E-state index contributed by atoms with van der Waals surface area (Å²) < 4.78 is 65.9. The van der Waals surface area contributed by atoms with Crippen LogP contribution in [-0.4, -0.2) is 112 Å². The first-order valence-electron chi connectivity index (χ1n) is 18.4. The molecule has 8 rings (SSSR count). The molecule has 4 fully saturated rings. The minimum absolute atomic E-state index is 0.00137. The number of hydrogen-bond acceptors (Lipinski definition) is 11. The smallest absolute Gasteiger partial charge is 0.319 e. The van der Waals surface area contributed by atoms with Crippen LogP contribution in [0.15, 0.2) is 30.3 Å². The monoisotopic (exact) mass is 737 g/mol. The van der Waals surface area contributed by atoms with Crippen molar-refractivity contribution in [3.05, 3.63) is 42.0 Å². The maximum Gasteiger partial charge on any atom is 0.319 e. The van der Waals surface area contributed by atoms with Crippen molar-refractivity contribution in [2.24, 2.45) is 11.3 Å². The van der Waals surface area contributed by atoms with Crippen LogP contribution >= 0.6 is 0 Å². The third kappa shape index (κ3) is 6.72. The minimum Gasteiger partial charge on any atom is -0.508 e. The molecule has 1 unspecified atom stereocenters. The summed E-state index contributed by atoms with van der Waals surface area (Å²) in [5, 5.41) is 32.6. The summed E-state index contributed by atoms with van der Waals surface area (Å²) in [5.41, 5.74) is -2.98. The predicted octanol–water partition coefficient (Wildman–Crippen LogP) is 5.55. The quantitative estimate of drug-likeness (QED) is 0.210. The first kappa shape index (κ1) is 36.0. The molecule has 284 valence electrons. The molecule has 2 aliphatic heterocycles. The number of nitrogens with zero attached hydrogens (tertiary/aromatic N) is 5. The summed E-state index contributed by atoms with van der Waals surface area (Å²) in [5.74, 6) is -1.31. The van der Waals surface area contributed by atoms with Crippen molar-refractivity contribution in [2.75, 3.05) is 58.0 Å². The molecule has 2 aromatic carbocycles. The van der Waals surface area contributed by atoms with Gasteiger partial charge in [0.15, 0.2) is 5.82 Å². The summed E-state index contributed by atoms with van der Waals surface area (Å²) in [6, 6.07) is 6.91. The van der Waals surface area contributed by atoms with Gasteiger partial charge in [0, 0.05) is 42.0 Å². The number of rotatable bonds is 8. The molecule has 2 aromatic heterocycles. The first-order chi connectivity index (χ1) is 25.2. The van der Waals surface area contributed by atoms with Crippen molar-refractivity contribution in [2.45, 2.75) is 75.8 Å². The number of ether oxygens (including phenoxy) is 3. The van der Waals surface area contributed by atoms with Crippen LogP contribution in [0.1, 0.15) is 52.4 Å². The van der Waals surface area contributed by atoms with Gasteiger partial charge in [0.25, 0.3) is 0 Å². The zero-order valence-electron chi connectivity index (χ0n) is 30.2. The van der Waals surface area contributed by atoms with E-state index in [0.717, 1.165) is 19.3 Å². The van der Waals surface area contributed by atoms with Crippen LogP contribution in [0.25, 0.3) is 32.9 Å². The Balaban J connectivity index is 1.23. The Kier molecular flexibility index (Phi) is 9.10. The Morgan fingerprint density at radius 3 is 2.62 bits per heavy atom. The van der Waals surface area contributed by atoms with Gasteiger partial charge in [-0.2, -0.15) is 9.97 Å². The molecule has 14 heteroatoms. The van der Waals surface area contributed by atoms with Gasteiger partial charge in [-0.25, -0.2) is 18.2 Å². The van der Waals surface area contributed by atoms with Crippen LogP contribution in [0.5, 0.6) is 17.6 Å². The van der Waals surface area contributed by atoms with E-state index in [2.05, 4.69) is 14.9 Å². The van der Waals surface area contributed by atoms with Gasteiger partial charge in [-0.05, 0) is 75.5 Å². The molecule has 4 aromatic rings. The number of benzene rings is 2. The molecule has 11 nitrogen and oxygen atoms in total. The van der Waals surface area contributed by atoms with Crippen molar-refractivity contribution in [3.8, 4) is 28.9 Å². The van der Waals surface area contributed by atoms with Crippen molar-refractivity contribution < 1.29 is 42.7 Å².